The second-order valence-corrected chi connectivity index (χ2v) is 0.841. The highest BCUT2D eigenvalue weighted by Gasteiger charge is 1.56. The van der Waals surface area contributed by atoms with Gasteiger partial charge >= 0.3 is 0 Å². The van der Waals surface area contributed by atoms with Crippen molar-refractivity contribution in [1.82, 2.24) is 0 Å². The van der Waals surface area contributed by atoms with E-state index < -0.39 is 0 Å². The zero-order valence-electron chi connectivity index (χ0n) is 2.64. The maximum atomic E-state index is 6.13. The highest BCUT2D eigenvalue weighted by Crippen LogP contribution is 1.55. The number of nitrogens with zero attached hydrogens (tertiary/aromatic N) is 1. The number of hydrogen-bond donors (Lipinski definition) is 1. The summed E-state index contributed by atoms with van der Waals surface area (Å²) in [6.07, 6.45) is 0. The highest BCUT2D eigenvalue weighted by atomic mass is 32.1. The lowest BCUT2D eigenvalue weighted by Gasteiger charge is -1.62. The van der Waals surface area contributed by atoms with Gasteiger partial charge in [-0.2, -0.15) is 5.11 Å². The Morgan fingerprint density at radius 1 is 2.00 bits per heavy atom. The lowest BCUT2D eigenvalue weighted by Crippen LogP contribution is -1.68. The molecule has 2 nitrogen and oxygen atoms in total. The highest BCUT2D eigenvalue weighted by molar-refractivity contribution is 7.79. The van der Waals surface area contributed by atoms with E-state index in [2.05, 4.69) is 17.3 Å². The zero-order valence-corrected chi connectivity index (χ0v) is 3.46. The van der Waals surface area contributed by atoms with Gasteiger partial charge in [-0.1, -0.05) is 12.2 Å². The quantitative estimate of drug-likeness (QED) is 0.397. The van der Waals surface area contributed by atoms with Gasteiger partial charge in [-0.25, -0.2) is 5.53 Å². The van der Waals surface area contributed by atoms with Crippen LogP contribution < -0.4 is 0 Å². The molecule has 1 N–H and O–H groups in total. The average Bonchev–Trinajstić information content (AvgIpc) is 1.41. The van der Waals surface area contributed by atoms with Crippen molar-refractivity contribution in [2.24, 2.45) is 5.11 Å². The van der Waals surface area contributed by atoms with E-state index in [1.807, 2.05) is 0 Å². The number of rotatable bonds is 2. The summed E-state index contributed by atoms with van der Waals surface area (Å²) in [5, 5.41) is 4.35. The van der Waals surface area contributed by atoms with Crippen LogP contribution in [0, 0.1) is 5.53 Å². The summed E-state index contributed by atoms with van der Waals surface area (Å²) < 4.78 is 0. The van der Waals surface area contributed by atoms with E-state index >= 15 is 0 Å². The minimum atomic E-state index is 0.370. The summed E-state index contributed by atoms with van der Waals surface area (Å²) in [6.45, 7) is 0.370. The molecule has 0 aliphatic rings. The van der Waals surface area contributed by atoms with Crippen LogP contribution in [-0.4, -0.2) is 11.9 Å². The molecular weight excluding hydrogens is 84.1 g/mol. The monoisotopic (exact) mass is 88.0 g/mol. The molecule has 0 atom stereocenters. The molecule has 0 heterocycles. The molecule has 0 amide bonds. The van der Waals surface area contributed by atoms with Crippen LogP contribution >= 0.6 is 12.2 Å². The van der Waals surface area contributed by atoms with Crippen molar-refractivity contribution < 1.29 is 0 Å². The summed E-state index contributed by atoms with van der Waals surface area (Å²) >= 11 is 4.31. The molecular formula is C2H4N2S. The van der Waals surface area contributed by atoms with Crippen molar-refractivity contribution in [3.8, 4) is 0 Å². The van der Waals surface area contributed by atoms with Crippen molar-refractivity contribution in [3.63, 3.8) is 0 Å². The smallest absolute Gasteiger partial charge is 0.0879 e. The molecule has 5 heavy (non-hydrogen) atoms. The van der Waals surface area contributed by atoms with E-state index in [0.29, 0.717) is 6.54 Å². The Bertz CT molecular complexity index is 36.9. The van der Waals surface area contributed by atoms with E-state index in [-0.39, 0.29) is 0 Å². The van der Waals surface area contributed by atoms with Crippen LogP contribution in [0.4, 0.5) is 0 Å². The summed E-state index contributed by atoms with van der Waals surface area (Å²) in [5.74, 6) is 0. The Kier molecular flexibility index (Phi) is 3.46. The van der Waals surface area contributed by atoms with Gasteiger partial charge in [0.05, 0.1) is 6.54 Å². The van der Waals surface area contributed by atoms with E-state index in [4.69, 9.17) is 5.53 Å². The third kappa shape index (κ3) is 3.69. The van der Waals surface area contributed by atoms with Crippen molar-refractivity contribution in [1.29, 1.82) is 5.53 Å². The standard InChI is InChI=1S/C2H4N2S/c3-4-1-2-5/h2-3H,1H2. The lowest BCUT2D eigenvalue weighted by molar-refractivity contribution is 1.04. The molecule has 0 saturated carbocycles. The van der Waals surface area contributed by atoms with Crippen LogP contribution in [0.25, 0.3) is 0 Å². The maximum Gasteiger partial charge on any atom is 0.0879 e. The second-order valence-electron chi connectivity index (χ2n) is 0.507. The minimum absolute atomic E-state index is 0.370. The van der Waals surface area contributed by atoms with Crippen LogP contribution in [0.2, 0.25) is 0 Å². The largest absolute Gasteiger partial charge is 0.210 e. The normalized spacial score (nSPS) is 6.40. The van der Waals surface area contributed by atoms with Crippen LogP contribution in [0.1, 0.15) is 0 Å². The average molecular weight is 88.1 g/mol. The second kappa shape index (κ2) is 3.69. The molecule has 0 bridgehead atoms. The fraction of sp³-hybridized carbons (Fsp3) is 0.500. The van der Waals surface area contributed by atoms with Crippen molar-refractivity contribution in [2.45, 2.75) is 0 Å². The Morgan fingerprint density at radius 3 is 2.60 bits per heavy atom. The summed E-state index contributed by atoms with van der Waals surface area (Å²) in [7, 11) is 0. The van der Waals surface area contributed by atoms with Crippen LogP contribution in [0.15, 0.2) is 5.11 Å². The first-order chi connectivity index (χ1) is 2.41. The molecule has 3 heteroatoms. The predicted molar refractivity (Wildman–Crippen MR) is 23.7 cm³/mol. The lowest BCUT2D eigenvalue weighted by atomic mass is 10.8. The molecule has 0 saturated heterocycles. The molecule has 0 spiro atoms. The molecule has 0 aliphatic carbocycles. The number of hydrogen-bond acceptors (Lipinski definition) is 3. The van der Waals surface area contributed by atoms with Gasteiger partial charge in [0.1, 0.15) is 0 Å². The van der Waals surface area contributed by atoms with Crippen molar-refractivity contribution in [2.75, 3.05) is 6.54 Å². The first kappa shape index (κ1) is 4.69. The molecule has 0 unspecified atom stereocenters. The number of thiocarbonyl (C=S) groups is 1. The molecule has 0 aromatic heterocycles. The predicted octanol–water partition coefficient (Wildman–Crippen LogP) is 1.02. The molecule has 28 valence electrons. The van der Waals surface area contributed by atoms with Gasteiger partial charge in [0.25, 0.3) is 0 Å². The van der Waals surface area contributed by atoms with Gasteiger partial charge in [-0.3, -0.25) is 0 Å². The van der Waals surface area contributed by atoms with Gasteiger partial charge in [-0.05, 0) is 0 Å². The third-order valence-corrected chi connectivity index (χ3v) is 0.315. The Balaban J connectivity index is 2.65. The van der Waals surface area contributed by atoms with Gasteiger partial charge < -0.3 is 0 Å². The third-order valence-electron chi connectivity index (χ3n) is 0.166. The summed E-state index contributed by atoms with van der Waals surface area (Å²) in [4.78, 5) is 0. The molecule has 0 aromatic rings. The van der Waals surface area contributed by atoms with Gasteiger partial charge in [-0.15, -0.1) is 0 Å². The first-order valence-electron chi connectivity index (χ1n) is 1.18. The Morgan fingerprint density at radius 2 is 2.60 bits per heavy atom. The fourth-order valence-electron chi connectivity index (χ4n) is 0.0373. The summed E-state index contributed by atoms with van der Waals surface area (Å²) in [5.41, 5.74) is 6.13. The minimum Gasteiger partial charge on any atom is -0.210 e. The van der Waals surface area contributed by atoms with Gasteiger partial charge in [0.2, 0.25) is 0 Å². The summed E-state index contributed by atoms with van der Waals surface area (Å²) in [6, 6.07) is 0. The van der Waals surface area contributed by atoms with E-state index in [1.165, 1.54) is 5.37 Å². The van der Waals surface area contributed by atoms with Gasteiger partial charge in [0.15, 0.2) is 0 Å². The van der Waals surface area contributed by atoms with E-state index in [1.54, 1.807) is 0 Å². The molecule has 0 aromatic carbocycles. The van der Waals surface area contributed by atoms with E-state index in [0.717, 1.165) is 0 Å². The van der Waals surface area contributed by atoms with Gasteiger partial charge in [0, 0.05) is 5.37 Å². The molecule has 0 radical (unpaired) electrons. The maximum absolute atomic E-state index is 6.13. The molecule has 0 rings (SSSR count). The first-order valence-corrected chi connectivity index (χ1v) is 1.66. The topological polar surface area (TPSA) is 36.2 Å². The fourth-order valence-corrected chi connectivity index (χ4v) is 0.112. The van der Waals surface area contributed by atoms with E-state index in [9.17, 15) is 0 Å². The number of nitrogens with one attached hydrogen (secondary N) is 1. The van der Waals surface area contributed by atoms with Crippen LogP contribution in [-0.2, 0) is 0 Å². The van der Waals surface area contributed by atoms with Crippen molar-refractivity contribution in [3.05, 3.63) is 0 Å². The Hall–Kier alpha value is -0.310. The zero-order chi connectivity index (χ0) is 4.12. The van der Waals surface area contributed by atoms with Crippen LogP contribution in [0.5, 0.6) is 0 Å². The molecule has 0 fully saturated rings. The van der Waals surface area contributed by atoms with Crippen LogP contribution in [0.3, 0.4) is 0 Å². The SMILES string of the molecule is N=NCC=S. The molecule has 0 aliphatic heterocycles. The Labute approximate surface area is 35.7 Å². The van der Waals surface area contributed by atoms with Crippen molar-refractivity contribution >= 4 is 17.6 Å².